The first-order valence-electron chi connectivity index (χ1n) is 6.49. The minimum Gasteiger partial charge on any atom is -0.329 e. The van der Waals surface area contributed by atoms with Crippen molar-refractivity contribution in [3.63, 3.8) is 0 Å². The minimum absolute atomic E-state index is 0.0168. The maximum Gasteiger partial charge on any atom is 0.241 e. The number of nitrogens with one attached hydrogen (secondary N) is 1. The number of anilines is 1. The van der Waals surface area contributed by atoms with Crippen molar-refractivity contribution in [3.05, 3.63) is 30.3 Å². The summed E-state index contributed by atoms with van der Waals surface area (Å²) in [7, 11) is 0. The lowest BCUT2D eigenvalue weighted by atomic mass is 10.2. The van der Waals surface area contributed by atoms with Gasteiger partial charge in [0.25, 0.3) is 0 Å². The molecule has 4 nitrogen and oxygen atoms in total. The van der Waals surface area contributed by atoms with Crippen LogP contribution in [0.3, 0.4) is 0 Å². The van der Waals surface area contributed by atoms with Crippen LogP contribution < -0.4 is 11.1 Å². The summed E-state index contributed by atoms with van der Waals surface area (Å²) in [4.78, 5) is 14.2. The molecule has 0 aliphatic heterocycles. The topological polar surface area (TPSA) is 58.4 Å². The third kappa shape index (κ3) is 4.47. The number of nitrogens with zero attached hydrogens (tertiary/aromatic N) is 1. The van der Waals surface area contributed by atoms with Gasteiger partial charge in [-0.25, -0.2) is 0 Å². The highest BCUT2D eigenvalue weighted by molar-refractivity contribution is 5.94. The summed E-state index contributed by atoms with van der Waals surface area (Å²) in [6.45, 7) is 6.23. The molecule has 18 heavy (non-hydrogen) atoms. The van der Waals surface area contributed by atoms with Crippen molar-refractivity contribution in [1.29, 1.82) is 0 Å². The van der Waals surface area contributed by atoms with Gasteiger partial charge in [-0.3, -0.25) is 9.69 Å². The SMILES string of the molecule is CCCN(CCN)C(C)C(=O)Nc1ccccc1. The monoisotopic (exact) mass is 249 g/mol. The molecular formula is C14H23N3O. The number of hydrogen-bond acceptors (Lipinski definition) is 3. The lowest BCUT2D eigenvalue weighted by molar-refractivity contribution is -0.120. The third-order valence-electron chi connectivity index (χ3n) is 2.90. The highest BCUT2D eigenvalue weighted by Gasteiger charge is 2.19. The second kappa shape index (κ2) is 7.84. The van der Waals surface area contributed by atoms with Crippen LogP contribution in [0.2, 0.25) is 0 Å². The fraction of sp³-hybridized carbons (Fsp3) is 0.500. The molecule has 0 radical (unpaired) electrons. The molecule has 0 bridgehead atoms. The van der Waals surface area contributed by atoms with Crippen molar-refractivity contribution in [2.24, 2.45) is 5.73 Å². The van der Waals surface area contributed by atoms with Crippen LogP contribution >= 0.6 is 0 Å². The molecular weight excluding hydrogens is 226 g/mol. The Morgan fingerprint density at radius 2 is 2.00 bits per heavy atom. The van der Waals surface area contributed by atoms with E-state index in [0.29, 0.717) is 6.54 Å². The van der Waals surface area contributed by atoms with Gasteiger partial charge < -0.3 is 11.1 Å². The molecule has 1 unspecified atom stereocenters. The van der Waals surface area contributed by atoms with Crippen LogP contribution in [-0.2, 0) is 4.79 Å². The number of carbonyl (C=O) groups excluding carboxylic acids is 1. The van der Waals surface area contributed by atoms with Gasteiger partial charge in [0.05, 0.1) is 6.04 Å². The molecule has 0 aliphatic carbocycles. The summed E-state index contributed by atoms with van der Waals surface area (Å²) >= 11 is 0. The number of carbonyl (C=O) groups is 1. The van der Waals surface area contributed by atoms with E-state index >= 15 is 0 Å². The minimum atomic E-state index is -0.159. The molecule has 0 heterocycles. The number of nitrogens with two attached hydrogens (primary N) is 1. The molecule has 0 aromatic heterocycles. The van der Waals surface area contributed by atoms with Gasteiger partial charge in [-0.15, -0.1) is 0 Å². The Hall–Kier alpha value is -1.39. The van der Waals surface area contributed by atoms with Crippen LogP contribution in [0.1, 0.15) is 20.3 Å². The second-order valence-corrected chi connectivity index (χ2v) is 4.36. The Morgan fingerprint density at radius 3 is 2.56 bits per heavy atom. The van der Waals surface area contributed by atoms with Crippen LogP contribution in [0.4, 0.5) is 5.69 Å². The Morgan fingerprint density at radius 1 is 1.33 bits per heavy atom. The van der Waals surface area contributed by atoms with Gasteiger partial charge in [-0.2, -0.15) is 0 Å². The van der Waals surface area contributed by atoms with Crippen LogP contribution in [-0.4, -0.2) is 36.5 Å². The lowest BCUT2D eigenvalue weighted by Gasteiger charge is -2.27. The van der Waals surface area contributed by atoms with E-state index in [2.05, 4.69) is 17.1 Å². The molecule has 0 spiro atoms. The number of benzene rings is 1. The zero-order valence-electron chi connectivity index (χ0n) is 11.2. The fourth-order valence-corrected chi connectivity index (χ4v) is 1.89. The van der Waals surface area contributed by atoms with Gasteiger partial charge >= 0.3 is 0 Å². The molecule has 1 atom stereocenters. The molecule has 4 heteroatoms. The predicted molar refractivity (Wildman–Crippen MR) is 75.5 cm³/mol. The molecule has 100 valence electrons. The zero-order chi connectivity index (χ0) is 13.4. The predicted octanol–water partition coefficient (Wildman–Crippen LogP) is 1.68. The summed E-state index contributed by atoms with van der Waals surface area (Å²) in [5.41, 5.74) is 6.41. The Balaban J connectivity index is 2.58. The molecule has 0 fully saturated rings. The highest BCUT2D eigenvalue weighted by Crippen LogP contribution is 2.08. The lowest BCUT2D eigenvalue weighted by Crippen LogP contribution is -2.44. The van der Waals surface area contributed by atoms with Gasteiger partial charge in [0.15, 0.2) is 0 Å². The maximum atomic E-state index is 12.1. The standard InChI is InChI=1S/C14H23N3O/c1-3-10-17(11-9-15)12(2)14(18)16-13-7-5-4-6-8-13/h4-8,12H,3,9-11,15H2,1-2H3,(H,16,18). The van der Waals surface area contributed by atoms with Crippen LogP contribution in [0.15, 0.2) is 30.3 Å². The largest absolute Gasteiger partial charge is 0.329 e. The van der Waals surface area contributed by atoms with E-state index in [4.69, 9.17) is 5.73 Å². The molecule has 0 saturated carbocycles. The summed E-state index contributed by atoms with van der Waals surface area (Å²) in [6, 6.07) is 9.36. The Bertz CT molecular complexity index is 347. The first kappa shape index (κ1) is 14.7. The van der Waals surface area contributed by atoms with Crippen LogP contribution in [0.25, 0.3) is 0 Å². The molecule has 3 N–H and O–H groups in total. The van der Waals surface area contributed by atoms with Crippen molar-refractivity contribution < 1.29 is 4.79 Å². The number of amides is 1. The smallest absolute Gasteiger partial charge is 0.241 e. The fourth-order valence-electron chi connectivity index (χ4n) is 1.89. The summed E-state index contributed by atoms with van der Waals surface area (Å²) in [5.74, 6) is 0.0168. The Kier molecular flexibility index (Phi) is 6.39. The van der Waals surface area contributed by atoms with Crippen molar-refractivity contribution in [2.75, 3.05) is 25.0 Å². The van der Waals surface area contributed by atoms with E-state index in [1.54, 1.807) is 0 Å². The van der Waals surface area contributed by atoms with Gasteiger partial charge in [-0.05, 0) is 32.0 Å². The van der Waals surface area contributed by atoms with Crippen molar-refractivity contribution in [1.82, 2.24) is 4.90 Å². The van der Waals surface area contributed by atoms with E-state index in [1.807, 2.05) is 37.3 Å². The van der Waals surface area contributed by atoms with Crippen molar-refractivity contribution >= 4 is 11.6 Å². The van der Waals surface area contributed by atoms with Crippen LogP contribution in [0, 0.1) is 0 Å². The van der Waals surface area contributed by atoms with E-state index < -0.39 is 0 Å². The van der Waals surface area contributed by atoms with Crippen molar-refractivity contribution in [2.45, 2.75) is 26.3 Å². The quantitative estimate of drug-likeness (QED) is 0.773. The zero-order valence-corrected chi connectivity index (χ0v) is 11.2. The molecule has 1 rings (SSSR count). The normalized spacial score (nSPS) is 12.4. The summed E-state index contributed by atoms with van der Waals surface area (Å²) < 4.78 is 0. The maximum absolute atomic E-state index is 12.1. The van der Waals surface area contributed by atoms with Gasteiger partial charge in [-0.1, -0.05) is 25.1 Å². The van der Waals surface area contributed by atoms with Crippen molar-refractivity contribution in [3.8, 4) is 0 Å². The van der Waals surface area contributed by atoms with E-state index in [1.165, 1.54) is 0 Å². The molecule has 0 saturated heterocycles. The number of rotatable bonds is 7. The van der Waals surface area contributed by atoms with E-state index in [9.17, 15) is 4.79 Å². The van der Waals surface area contributed by atoms with E-state index in [-0.39, 0.29) is 11.9 Å². The average molecular weight is 249 g/mol. The van der Waals surface area contributed by atoms with Crippen LogP contribution in [0.5, 0.6) is 0 Å². The third-order valence-corrected chi connectivity index (χ3v) is 2.90. The Labute approximate surface area is 109 Å². The summed E-state index contributed by atoms with van der Waals surface area (Å²) in [6.07, 6.45) is 1.02. The number of para-hydroxylation sites is 1. The first-order chi connectivity index (χ1) is 8.69. The summed E-state index contributed by atoms with van der Waals surface area (Å²) in [5, 5.41) is 2.92. The van der Waals surface area contributed by atoms with Gasteiger partial charge in [0, 0.05) is 18.8 Å². The molecule has 0 aliphatic rings. The second-order valence-electron chi connectivity index (χ2n) is 4.36. The molecule has 1 amide bonds. The highest BCUT2D eigenvalue weighted by atomic mass is 16.2. The van der Waals surface area contributed by atoms with Gasteiger partial charge in [0.2, 0.25) is 5.91 Å². The molecule has 1 aromatic rings. The first-order valence-corrected chi connectivity index (χ1v) is 6.49. The average Bonchev–Trinajstić information content (AvgIpc) is 2.39. The van der Waals surface area contributed by atoms with Gasteiger partial charge in [0.1, 0.15) is 0 Å². The number of hydrogen-bond donors (Lipinski definition) is 2. The van der Waals surface area contributed by atoms with E-state index in [0.717, 1.165) is 25.2 Å². The molecule has 1 aromatic carbocycles.